The van der Waals surface area contributed by atoms with E-state index >= 15 is 0 Å². The van der Waals surface area contributed by atoms with E-state index in [4.69, 9.17) is 5.11 Å². The Balaban J connectivity index is 0.000000686. The number of rotatable bonds is 5. The predicted octanol–water partition coefficient (Wildman–Crippen LogP) is 4.18. The normalized spacial score (nSPS) is 25.6. The lowest BCUT2D eigenvalue weighted by Crippen LogP contribution is -1.99. The quantitative estimate of drug-likeness (QED) is 0.777. The van der Waals surface area contributed by atoms with Gasteiger partial charge < -0.3 is 5.11 Å². The molecule has 0 aromatic carbocycles. The van der Waals surface area contributed by atoms with E-state index in [2.05, 4.69) is 18.2 Å². The maximum absolute atomic E-state index is 10.6. The summed E-state index contributed by atoms with van der Waals surface area (Å²) in [5.74, 6) is -0.159. The van der Waals surface area contributed by atoms with E-state index in [1.54, 1.807) is 0 Å². The minimum absolute atomic E-state index is 0.0270. The van der Waals surface area contributed by atoms with Crippen molar-refractivity contribution in [3.8, 4) is 0 Å². The third kappa shape index (κ3) is 4.76. The molecule has 0 saturated heterocycles. The Kier molecular flexibility index (Phi) is 6.03. The number of aliphatic carboxylic acids is 1. The van der Waals surface area contributed by atoms with Gasteiger partial charge in [0.2, 0.25) is 0 Å². The molecule has 0 aromatic rings. The van der Waals surface area contributed by atoms with E-state index in [9.17, 15) is 4.79 Å². The van der Waals surface area contributed by atoms with E-state index in [0.29, 0.717) is 5.92 Å². The molecule has 2 unspecified atom stereocenters. The summed E-state index contributed by atoms with van der Waals surface area (Å²) in [5, 5.41) is 8.75. The predicted molar refractivity (Wildman–Crippen MR) is 70.9 cm³/mol. The maximum Gasteiger partial charge on any atom is 0.306 e. The van der Waals surface area contributed by atoms with Crippen molar-refractivity contribution in [2.45, 2.75) is 52.4 Å². The van der Waals surface area contributed by atoms with Gasteiger partial charge in [0.1, 0.15) is 0 Å². The van der Waals surface area contributed by atoms with Crippen molar-refractivity contribution in [1.82, 2.24) is 0 Å². The van der Waals surface area contributed by atoms with Crippen molar-refractivity contribution in [3.63, 3.8) is 0 Å². The van der Waals surface area contributed by atoms with Crippen molar-refractivity contribution in [1.29, 1.82) is 0 Å². The molecule has 0 amide bonds. The molecule has 2 aliphatic carbocycles. The first-order chi connectivity index (χ1) is 8.27. The van der Waals surface area contributed by atoms with Crippen LogP contribution in [0, 0.1) is 11.8 Å². The van der Waals surface area contributed by atoms with Crippen LogP contribution in [-0.4, -0.2) is 11.1 Å². The zero-order valence-corrected chi connectivity index (χ0v) is 11.0. The topological polar surface area (TPSA) is 37.3 Å². The second-order valence-electron chi connectivity index (χ2n) is 4.59. The van der Waals surface area contributed by atoms with Gasteiger partial charge in [-0.2, -0.15) is 0 Å². The van der Waals surface area contributed by atoms with Gasteiger partial charge in [0, 0.05) is 0 Å². The van der Waals surface area contributed by atoms with E-state index in [1.807, 2.05) is 13.8 Å². The molecule has 1 N–H and O–H groups in total. The van der Waals surface area contributed by atoms with E-state index in [-0.39, 0.29) is 5.92 Å². The summed E-state index contributed by atoms with van der Waals surface area (Å²) in [6.45, 7) is 4.00. The molecule has 0 radical (unpaired) electrons. The van der Waals surface area contributed by atoms with Gasteiger partial charge in [0.15, 0.2) is 0 Å². The Morgan fingerprint density at radius 1 is 1.41 bits per heavy atom. The molecule has 0 spiro atoms. The zero-order chi connectivity index (χ0) is 12.7. The highest BCUT2D eigenvalue weighted by Crippen LogP contribution is 2.42. The number of carboxylic acid groups (broad SMARTS) is 1. The first-order valence-corrected chi connectivity index (χ1v) is 6.86. The van der Waals surface area contributed by atoms with Gasteiger partial charge in [0.25, 0.3) is 0 Å². The molecule has 0 aliphatic heterocycles. The first kappa shape index (κ1) is 14.0. The highest BCUT2D eigenvalue weighted by molar-refractivity contribution is 5.73. The van der Waals surface area contributed by atoms with E-state index in [1.165, 1.54) is 18.4 Å². The molecule has 2 rings (SSSR count). The Hall–Kier alpha value is -1.05. The summed E-state index contributed by atoms with van der Waals surface area (Å²) >= 11 is 0. The van der Waals surface area contributed by atoms with Crippen LogP contribution in [0.25, 0.3) is 0 Å². The SMILES string of the molecule is CC.O=C(O)C1CC1CCCC1=CCCC=C1. The fourth-order valence-electron chi connectivity index (χ4n) is 2.29. The summed E-state index contributed by atoms with van der Waals surface area (Å²) in [4.78, 5) is 10.6. The molecule has 2 nitrogen and oxygen atoms in total. The van der Waals surface area contributed by atoms with Gasteiger partial charge in [0.05, 0.1) is 5.92 Å². The van der Waals surface area contributed by atoms with Crippen molar-refractivity contribution in [2.24, 2.45) is 11.8 Å². The molecule has 2 aliphatic rings. The second kappa shape index (κ2) is 7.31. The summed E-state index contributed by atoms with van der Waals surface area (Å²) in [6.07, 6.45) is 13.4. The Bertz CT molecular complexity index is 302. The van der Waals surface area contributed by atoms with Crippen LogP contribution in [0.1, 0.15) is 52.4 Å². The fraction of sp³-hybridized carbons (Fsp3) is 0.667. The van der Waals surface area contributed by atoms with Gasteiger partial charge in [-0.3, -0.25) is 4.79 Å². The lowest BCUT2D eigenvalue weighted by Gasteiger charge is -2.06. The van der Waals surface area contributed by atoms with Gasteiger partial charge in [-0.25, -0.2) is 0 Å². The summed E-state index contributed by atoms with van der Waals surface area (Å²) in [6, 6.07) is 0. The lowest BCUT2D eigenvalue weighted by atomic mass is 10.0. The van der Waals surface area contributed by atoms with Crippen LogP contribution >= 0.6 is 0 Å². The smallest absolute Gasteiger partial charge is 0.306 e. The minimum atomic E-state index is -0.600. The van der Waals surface area contributed by atoms with Crippen LogP contribution in [0.3, 0.4) is 0 Å². The third-order valence-corrected chi connectivity index (χ3v) is 3.35. The lowest BCUT2D eigenvalue weighted by molar-refractivity contribution is -0.138. The average molecular weight is 236 g/mol. The molecule has 96 valence electrons. The number of carboxylic acids is 1. The standard InChI is InChI=1S/C13H18O2.C2H6/c14-13(15)12-9-11(12)8-4-7-10-5-2-1-3-6-10;1-2/h2,5-6,11-12H,1,3-4,7-9H2,(H,14,15);1-2H3. The van der Waals surface area contributed by atoms with Crippen LogP contribution < -0.4 is 0 Å². The molecule has 17 heavy (non-hydrogen) atoms. The average Bonchev–Trinajstić information content (AvgIpc) is 3.13. The Labute approximate surface area is 104 Å². The van der Waals surface area contributed by atoms with Gasteiger partial charge >= 0.3 is 5.97 Å². The largest absolute Gasteiger partial charge is 0.481 e. The molecule has 0 bridgehead atoms. The number of carbonyl (C=O) groups is 1. The van der Waals surface area contributed by atoms with Gasteiger partial charge in [-0.1, -0.05) is 37.6 Å². The third-order valence-electron chi connectivity index (χ3n) is 3.35. The van der Waals surface area contributed by atoms with E-state index < -0.39 is 5.97 Å². The summed E-state index contributed by atoms with van der Waals surface area (Å²) in [5.41, 5.74) is 1.44. The number of allylic oxidation sites excluding steroid dienone is 4. The first-order valence-electron chi connectivity index (χ1n) is 6.86. The van der Waals surface area contributed by atoms with Crippen LogP contribution in [0.4, 0.5) is 0 Å². The van der Waals surface area contributed by atoms with Crippen molar-refractivity contribution >= 4 is 5.97 Å². The highest BCUT2D eigenvalue weighted by Gasteiger charge is 2.42. The van der Waals surface area contributed by atoms with Crippen LogP contribution in [0.5, 0.6) is 0 Å². The second-order valence-corrected chi connectivity index (χ2v) is 4.59. The monoisotopic (exact) mass is 236 g/mol. The highest BCUT2D eigenvalue weighted by atomic mass is 16.4. The van der Waals surface area contributed by atoms with Gasteiger partial charge in [-0.15, -0.1) is 0 Å². The van der Waals surface area contributed by atoms with Crippen molar-refractivity contribution in [2.75, 3.05) is 0 Å². The van der Waals surface area contributed by atoms with Crippen molar-refractivity contribution in [3.05, 3.63) is 23.8 Å². The van der Waals surface area contributed by atoms with E-state index in [0.717, 1.165) is 25.7 Å². The van der Waals surface area contributed by atoms with Crippen LogP contribution in [-0.2, 0) is 4.79 Å². The molecule has 0 heterocycles. The molecule has 0 aromatic heterocycles. The van der Waals surface area contributed by atoms with Crippen molar-refractivity contribution < 1.29 is 9.90 Å². The Morgan fingerprint density at radius 2 is 2.18 bits per heavy atom. The molecule has 2 heteroatoms. The van der Waals surface area contributed by atoms with Crippen LogP contribution in [0.2, 0.25) is 0 Å². The van der Waals surface area contributed by atoms with Crippen LogP contribution in [0.15, 0.2) is 23.8 Å². The minimum Gasteiger partial charge on any atom is -0.481 e. The number of hydrogen-bond acceptors (Lipinski definition) is 1. The molecule has 2 atom stereocenters. The molecular weight excluding hydrogens is 212 g/mol. The summed E-state index contributed by atoms with van der Waals surface area (Å²) < 4.78 is 0. The zero-order valence-electron chi connectivity index (χ0n) is 11.0. The van der Waals surface area contributed by atoms with Gasteiger partial charge in [-0.05, 0) is 44.4 Å². The Morgan fingerprint density at radius 3 is 2.71 bits per heavy atom. The maximum atomic E-state index is 10.6. The number of hydrogen-bond donors (Lipinski definition) is 1. The fourth-order valence-corrected chi connectivity index (χ4v) is 2.29. The molecule has 1 fully saturated rings. The molecule has 1 saturated carbocycles. The summed E-state index contributed by atoms with van der Waals surface area (Å²) in [7, 11) is 0. The molecular formula is C15H24O2.